The minimum absolute atomic E-state index is 0.00736. The fourth-order valence-corrected chi connectivity index (χ4v) is 1.21. The third kappa shape index (κ3) is 2.13. The van der Waals surface area contributed by atoms with Crippen LogP contribution in [0.3, 0.4) is 0 Å². The van der Waals surface area contributed by atoms with Crippen LogP contribution >= 0.6 is 0 Å². The number of aliphatic hydroxyl groups is 2. The van der Waals surface area contributed by atoms with Crippen molar-refractivity contribution in [1.29, 1.82) is 0 Å². The maximum atomic E-state index is 9.25. The molecule has 2 N–H and O–H groups in total. The predicted octanol–water partition coefficient (Wildman–Crippen LogP) is -0.857. The van der Waals surface area contributed by atoms with Crippen LogP contribution in [0.4, 0.5) is 0 Å². The number of aliphatic hydroxyl groups excluding tert-OH is 2. The van der Waals surface area contributed by atoms with Crippen molar-refractivity contribution in [3.05, 3.63) is 0 Å². The van der Waals surface area contributed by atoms with E-state index in [2.05, 4.69) is 0 Å². The molecule has 4 heteroatoms. The van der Waals surface area contributed by atoms with Gasteiger partial charge in [-0.15, -0.1) is 0 Å². The first kappa shape index (κ1) is 8.93. The predicted molar refractivity (Wildman–Crippen MR) is 38.2 cm³/mol. The van der Waals surface area contributed by atoms with Gasteiger partial charge in [0.25, 0.3) is 0 Å². The Morgan fingerprint density at radius 2 is 2.36 bits per heavy atom. The third-order valence-corrected chi connectivity index (χ3v) is 1.93. The van der Waals surface area contributed by atoms with Crippen molar-refractivity contribution < 1.29 is 19.7 Å². The lowest BCUT2D eigenvalue weighted by Gasteiger charge is -2.31. The summed E-state index contributed by atoms with van der Waals surface area (Å²) in [4.78, 5) is 0. The van der Waals surface area contributed by atoms with Crippen molar-refractivity contribution in [2.45, 2.75) is 24.7 Å². The summed E-state index contributed by atoms with van der Waals surface area (Å²) in [7, 11) is 1.55. The van der Waals surface area contributed by atoms with Gasteiger partial charge in [0, 0.05) is 13.5 Å². The van der Waals surface area contributed by atoms with Gasteiger partial charge in [-0.1, -0.05) is 0 Å². The van der Waals surface area contributed by atoms with Gasteiger partial charge in [-0.05, 0) is 0 Å². The summed E-state index contributed by atoms with van der Waals surface area (Å²) in [6, 6.07) is 0. The largest absolute Gasteiger partial charge is 0.394 e. The van der Waals surface area contributed by atoms with E-state index in [0.717, 1.165) is 0 Å². The van der Waals surface area contributed by atoms with E-state index in [-0.39, 0.29) is 25.4 Å². The van der Waals surface area contributed by atoms with Crippen LogP contribution in [0, 0.1) is 0 Å². The summed E-state index contributed by atoms with van der Waals surface area (Å²) in [5, 5.41) is 18.0. The Balaban J connectivity index is 2.37. The fourth-order valence-electron chi connectivity index (χ4n) is 1.21. The zero-order valence-corrected chi connectivity index (χ0v) is 6.56. The lowest BCUT2D eigenvalue weighted by Crippen LogP contribution is -2.43. The summed E-state index contributed by atoms with van der Waals surface area (Å²) in [6.45, 7) is 0.246. The van der Waals surface area contributed by atoms with Gasteiger partial charge in [-0.25, -0.2) is 0 Å². The molecular weight excluding hydrogens is 148 g/mol. The first-order chi connectivity index (χ1) is 5.27. The van der Waals surface area contributed by atoms with E-state index in [1.807, 2.05) is 0 Å². The molecule has 2 unspecified atom stereocenters. The van der Waals surface area contributed by atoms with Crippen LogP contribution in [0.2, 0.25) is 0 Å². The molecule has 0 bridgehead atoms. The first-order valence-corrected chi connectivity index (χ1v) is 3.71. The molecule has 0 spiro atoms. The van der Waals surface area contributed by atoms with Gasteiger partial charge in [0.05, 0.1) is 25.4 Å². The van der Waals surface area contributed by atoms with Crippen molar-refractivity contribution in [2.75, 3.05) is 20.3 Å². The van der Waals surface area contributed by atoms with E-state index in [1.165, 1.54) is 0 Å². The van der Waals surface area contributed by atoms with Crippen LogP contribution in [0.5, 0.6) is 0 Å². The monoisotopic (exact) mass is 162 g/mol. The molecule has 1 fully saturated rings. The number of rotatable bonds is 2. The van der Waals surface area contributed by atoms with Crippen LogP contribution < -0.4 is 0 Å². The second-order valence-electron chi connectivity index (χ2n) is 2.72. The molecule has 0 radical (unpaired) electrons. The van der Waals surface area contributed by atoms with Crippen molar-refractivity contribution in [3.8, 4) is 0 Å². The zero-order chi connectivity index (χ0) is 8.27. The molecule has 0 aliphatic carbocycles. The quantitative estimate of drug-likeness (QED) is 0.555. The molecule has 1 saturated heterocycles. The van der Waals surface area contributed by atoms with Crippen LogP contribution in [0.15, 0.2) is 0 Å². The van der Waals surface area contributed by atoms with Gasteiger partial charge in [-0.3, -0.25) is 0 Å². The van der Waals surface area contributed by atoms with Crippen molar-refractivity contribution in [3.63, 3.8) is 0 Å². The average molecular weight is 162 g/mol. The molecule has 3 atom stereocenters. The molecule has 1 heterocycles. The van der Waals surface area contributed by atoms with Crippen LogP contribution in [0.1, 0.15) is 6.42 Å². The summed E-state index contributed by atoms with van der Waals surface area (Å²) >= 11 is 0. The van der Waals surface area contributed by atoms with Gasteiger partial charge in [0.1, 0.15) is 6.10 Å². The van der Waals surface area contributed by atoms with Gasteiger partial charge in [0.2, 0.25) is 0 Å². The first-order valence-electron chi connectivity index (χ1n) is 3.71. The maximum Gasteiger partial charge on any atom is 0.104 e. The number of methoxy groups -OCH3 is 1. The summed E-state index contributed by atoms with van der Waals surface area (Å²) < 4.78 is 10.1. The standard InChI is InChI=1S/C7H14O4/c1-10-7-2-5(3-8)11-4-6(7)9/h5-9H,2-4H2,1H3/t5?,6?,7-/m1/s1. The minimum atomic E-state index is -0.553. The van der Waals surface area contributed by atoms with E-state index in [0.29, 0.717) is 6.42 Å². The number of ether oxygens (including phenoxy) is 2. The Morgan fingerprint density at radius 1 is 1.64 bits per heavy atom. The van der Waals surface area contributed by atoms with Crippen LogP contribution in [-0.4, -0.2) is 48.8 Å². The highest BCUT2D eigenvalue weighted by atomic mass is 16.5. The molecule has 1 rings (SSSR count). The maximum absolute atomic E-state index is 9.25. The van der Waals surface area contributed by atoms with E-state index < -0.39 is 6.10 Å². The van der Waals surface area contributed by atoms with E-state index in [4.69, 9.17) is 14.6 Å². The second-order valence-corrected chi connectivity index (χ2v) is 2.72. The smallest absolute Gasteiger partial charge is 0.104 e. The van der Waals surface area contributed by atoms with E-state index in [9.17, 15) is 5.11 Å². The SMILES string of the molecule is CO[C@@H]1CC(CO)OCC1O. The van der Waals surface area contributed by atoms with Gasteiger partial charge in [0.15, 0.2) is 0 Å². The lowest BCUT2D eigenvalue weighted by molar-refractivity contribution is -0.141. The molecule has 4 nitrogen and oxygen atoms in total. The Morgan fingerprint density at radius 3 is 2.91 bits per heavy atom. The molecule has 0 aromatic carbocycles. The normalized spacial score (nSPS) is 39.0. The summed E-state index contributed by atoms with van der Waals surface area (Å²) in [6.07, 6.45) is -0.360. The summed E-state index contributed by atoms with van der Waals surface area (Å²) in [5.74, 6) is 0. The summed E-state index contributed by atoms with van der Waals surface area (Å²) in [5.41, 5.74) is 0. The Labute approximate surface area is 65.7 Å². The van der Waals surface area contributed by atoms with Crippen LogP contribution in [0.25, 0.3) is 0 Å². The highest BCUT2D eigenvalue weighted by Crippen LogP contribution is 2.16. The molecule has 0 aromatic rings. The number of hydrogen-bond donors (Lipinski definition) is 2. The van der Waals surface area contributed by atoms with E-state index >= 15 is 0 Å². The van der Waals surface area contributed by atoms with E-state index in [1.54, 1.807) is 7.11 Å². The van der Waals surface area contributed by atoms with Crippen molar-refractivity contribution in [2.24, 2.45) is 0 Å². The Kier molecular flexibility index (Phi) is 3.26. The molecule has 1 aliphatic rings. The molecule has 11 heavy (non-hydrogen) atoms. The Hall–Kier alpha value is -0.160. The molecule has 0 saturated carbocycles. The van der Waals surface area contributed by atoms with Gasteiger partial charge < -0.3 is 19.7 Å². The molecule has 0 aromatic heterocycles. The highest BCUT2D eigenvalue weighted by Gasteiger charge is 2.29. The fraction of sp³-hybridized carbons (Fsp3) is 1.00. The highest BCUT2D eigenvalue weighted by molar-refractivity contribution is 4.78. The van der Waals surface area contributed by atoms with Crippen molar-refractivity contribution >= 4 is 0 Å². The molecular formula is C7H14O4. The third-order valence-electron chi connectivity index (χ3n) is 1.93. The molecule has 66 valence electrons. The average Bonchev–Trinajstić information content (AvgIpc) is 2.05. The minimum Gasteiger partial charge on any atom is -0.394 e. The molecule has 0 amide bonds. The zero-order valence-electron chi connectivity index (χ0n) is 6.56. The lowest BCUT2D eigenvalue weighted by atomic mass is 10.0. The Bertz CT molecular complexity index is 117. The van der Waals surface area contributed by atoms with Crippen LogP contribution in [-0.2, 0) is 9.47 Å². The number of hydrogen-bond acceptors (Lipinski definition) is 4. The van der Waals surface area contributed by atoms with Gasteiger partial charge >= 0.3 is 0 Å². The van der Waals surface area contributed by atoms with Crippen molar-refractivity contribution in [1.82, 2.24) is 0 Å². The van der Waals surface area contributed by atoms with Gasteiger partial charge in [-0.2, -0.15) is 0 Å². The molecule has 1 aliphatic heterocycles. The topological polar surface area (TPSA) is 58.9 Å². The second kappa shape index (κ2) is 4.01.